The fraction of sp³-hybridized carbons (Fsp3) is 0.611. The molecule has 7 heteroatoms. The summed E-state index contributed by atoms with van der Waals surface area (Å²) in [7, 11) is 0. The number of carbonyl (C=O) groups excluding carboxylic acids is 1. The van der Waals surface area contributed by atoms with Gasteiger partial charge in [-0.25, -0.2) is 0 Å². The Morgan fingerprint density at radius 2 is 2.16 bits per heavy atom. The number of hydrogen-bond acceptors (Lipinski definition) is 3. The van der Waals surface area contributed by atoms with Gasteiger partial charge in [-0.15, -0.1) is 0 Å². The summed E-state index contributed by atoms with van der Waals surface area (Å²) in [6.07, 6.45) is -2.57. The number of halogens is 3. The predicted molar refractivity (Wildman–Crippen MR) is 89.3 cm³/mol. The van der Waals surface area contributed by atoms with E-state index in [9.17, 15) is 18.0 Å². The van der Waals surface area contributed by atoms with Crippen molar-refractivity contribution in [2.75, 3.05) is 13.1 Å². The highest BCUT2D eigenvalue weighted by Crippen LogP contribution is 2.34. The van der Waals surface area contributed by atoms with Crippen LogP contribution in [0.3, 0.4) is 0 Å². The third kappa shape index (κ3) is 6.23. The summed E-state index contributed by atoms with van der Waals surface area (Å²) in [4.78, 5) is 11.9. The second-order valence-electron chi connectivity index (χ2n) is 6.66. The van der Waals surface area contributed by atoms with Crippen molar-refractivity contribution in [1.82, 2.24) is 10.6 Å². The molecule has 1 aromatic rings. The van der Waals surface area contributed by atoms with E-state index in [4.69, 9.17) is 4.74 Å². The highest BCUT2D eigenvalue weighted by Gasteiger charge is 2.34. The Kier molecular flexibility index (Phi) is 6.70. The molecular weight excluding hydrogens is 333 g/mol. The molecular formula is C18H25F3N2O2. The van der Waals surface area contributed by atoms with Gasteiger partial charge in [-0.2, -0.15) is 13.2 Å². The molecule has 0 saturated carbocycles. The van der Waals surface area contributed by atoms with Crippen molar-refractivity contribution in [3.8, 4) is 5.75 Å². The molecule has 0 spiro atoms. The van der Waals surface area contributed by atoms with Crippen LogP contribution < -0.4 is 15.4 Å². The van der Waals surface area contributed by atoms with Crippen molar-refractivity contribution < 1.29 is 22.7 Å². The van der Waals surface area contributed by atoms with Gasteiger partial charge in [0.25, 0.3) is 0 Å². The summed E-state index contributed by atoms with van der Waals surface area (Å²) in [6, 6.07) is 3.86. The van der Waals surface area contributed by atoms with Crippen LogP contribution in [0.2, 0.25) is 0 Å². The zero-order valence-electron chi connectivity index (χ0n) is 14.6. The minimum atomic E-state index is -4.49. The third-order valence-corrected chi connectivity index (χ3v) is 4.18. The molecule has 1 amide bonds. The summed E-state index contributed by atoms with van der Waals surface area (Å²) in [5.41, 5.74) is -0.731. The van der Waals surface area contributed by atoms with E-state index >= 15 is 0 Å². The van der Waals surface area contributed by atoms with Crippen molar-refractivity contribution in [3.05, 3.63) is 29.3 Å². The summed E-state index contributed by atoms with van der Waals surface area (Å²) < 4.78 is 45.1. The number of rotatable bonds is 7. The Balaban J connectivity index is 1.96. The van der Waals surface area contributed by atoms with Gasteiger partial charge in [-0.05, 0) is 63.4 Å². The first-order valence-electron chi connectivity index (χ1n) is 8.60. The fourth-order valence-corrected chi connectivity index (χ4v) is 2.90. The van der Waals surface area contributed by atoms with E-state index in [1.165, 1.54) is 12.1 Å². The molecule has 1 atom stereocenters. The lowest BCUT2D eigenvalue weighted by atomic mass is 10.0. The third-order valence-electron chi connectivity index (χ3n) is 4.18. The van der Waals surface area contributed by atoms with Gasteiger partial charge in [-0.3, -0.25) is 4.79 Å². The van der Waals surface area contributed by atoms with Gasteiger partial charge >= 0.3 is 6.18 Å². The molecule has 1 aliphatic rings. The Bertz CT molecular complexity index is 582. The molecule has 1 aromatic carbocycles. The first kappa shape index (κ1) is 19.6. The Morgan fingerprint density at radius 1 is 1.40 bits per heavy atom. The Hall–Kier alpha value is -1.76. The maximum Gasteiger partial charge on any atom is 0.416 e. The van der Waals surface area contributed by atoms with Gasteiger partial charge in [0.05, 0.1) is 11.7 Å². The van der Waals surface area contributed by atoms with Crippen molar-refractivity contribution in [2.24, 2.45) is 5.92 Å². The maximum atomic E-state index is 13.3. The summed E-state index contributed by atoms with van der Waals surface area (Å²) in [5, 5.41) is 5.82. The largest absolute Gasteiger partial charge is 0.491 e. The molecule has 140 valence electrons. The van der Waals surface area contributed by atoms with Gasteiger partial charge in [-0.1, -0.05) is 6.07 Å². The summed E-state index contributed by atoms with van der Waals surface area (Å²) in [5.74, 6) is 0.428. The molecule has 1 fully saturated rings. The highest BCUT2D eigenvalue weighted by atomic mass is 19.4. The number of carbonyl (C=O) groups is 1. The average molecular weight is 358 g/mol. The average Bonchev–Trinajstić information content (AvgIpc) is 3.03. The minimum Gasteiger partial charge on any atom is -0.491 e. The van der Waals surface area contributed by atoms with E-state index in [1.807, 2.05) is 0 Å². The second kappa shape index (κ2) is 8.56. The predicted octanol–water partition coefficient (Wildman–Crippen LogP) is 3.50. The quantitative estimate of drug-likeness (QED) is 0.784. The lowest BCUT2D eigenvalue weighted by molar-refractivity contribution is -0.138. The van der Waals surface area contributed by atoms with Crippen LogP contribution >= 0.6 is 0 Å². The Labute approximate surface area is 146 Å². The van der Waals surface area contributed by atoms with E-state index in [2.05, 4.69) is 10.6 Å². The van der Waals surface area contributed by atoms with Crippen LogP contribution in [0, 0.1) is 5.92 Å². The molecule has 1 saturated heterocycles. The number of amides is 1. The maximum absolute atomic E-state index is 13.3. The first-order valence-corrected chi connectivity index (χ1v) is 8.60. The van der Waals surface area contributed by atoms with E-state index in [1.54, 1.807) is 13.8 Å². The SMILES string of the molecule is CC(C)Oc1ccc(CNC(=O)CCC2CCNC2)c(C(F)(F)F)c1. The molecule has 1 unspecified atom stereocenters. The van der Waals surface area contributed by atoms with E-state index in [0.717, 1.165) is 32.0 Å². The van der Waals surface area contributed by atoms with Crippen LogP contribution in [0.15, 0.2) is 18.2 Å². The van der Waals surface area contributed by atoms with Crippen LogP contribution in [-0.2, 0) is 17.5 Å². The summed E-state index contributed by atoms with van der Waals surface area (Å²) in [6.45, 7) is 5.23. The van der Waals surface area contributed by atoms with Crippen LogP contribution in [0.4, 0.5) is 13.2 Å². The lowest BCUT2D eigenvalue weighted by Gasteiger charge is -2.17. The van der Waals surface area contributed by atoms with E-state index < -0.39 is 11.7 Å². The van der Waals surface area contributed by atoms with Gasteiger partial charge < -0.3 is 15.4 Å². The zero-order chi connectivity index (χ0) is 18.4. The van der Waals surface area contributed by atoms with Crippen LogP contribution in [-0.4, -0.2) is 25.1 Å². The molecule has 0 radical (unpaired) electrons. The molecule has 1 aliphatic heterocycles. The number of ether oxygens (including phenoxy) is 1. The molecule has 0 bridgehead atoms. The van der Waals surface area contributed by atoms with Crippen LogP contribution in [0.1, 0.15) is 44.2 Å². The number of benzene rings is 1. The molecule has 2 rings (SSSR count). The van der Waals surface area contributed by atoms with Crippen LogP contribution in [0.25, 0.3) is 0 Å². The summed E-state index contributed by atoms with van der Waals surface area (Å²) >= 11 is 0. The van der Waals surface area contributed by atoms with Crippen molar-refractivity contribution in [2.45, 2.75) is 51.9 Å². The first-order chi connectivity index (χ1) is 11.8. The number of alkyl halides is 3. The molecule has 2 N–H and O–H groups in total. The second-order valence-corrected chi connectivity index (χ2v) is 6.66. The van der Waals surface area contributed by atoms with Gasteiger partial charge in [0.15, 0.2) is 0 Å². The highest BCUT2D eigenvalue weighted by molar-refractivity contribution is 5.75. The minimum absolute atomic E-state index is 0.0412. The molecule has 0 aliphatic carbocycles. The number of nitrogens with one attached hydrogen (secondary N) is 2. The monoisotopic (exact) mass is 358 g/mol. The van der Waals surface area contributed by atoms with E-state index in [-0.39, 0.29) is 29.9 Å². The lowest BCUT2D eigenvalue weighted by Crippen LogP contribution is -2.25. The zero-order valence-corrected chi connectivity index (χ0v) is 14.6. The van der Waals surface area contributed by atoms with Crippen molar-refractivity contribution >= 4 is 5.91 Å². The topological polar surface area (TPSA) is 50.4 Å². The van der Waals surface area contributed by atoms with Gasteiger partial charge in [0.1, 0.15) is 5.75 Å². The fourth-order valence-electron chi connectivity index (χ4n) is 2.90. The molecule has 1 heterocycles. The molecule has 0 aromatic heterocycles. The van der Waals surface area contributed by atoms with Gasteiger partial charge in [0, 0.05) is 13.0 Å². The number of hydrogen-bond donors (Lipinski definition) is 2. The van der Waals surface area contributed by atoms with Crippen molar-refractivity contribution in [3.63, 3.8) is 0 Å². The Morgan fingerprint density at radius 3 is 2.76 bits per heavy atom. The van der Waals surface area contributed by atoms with Crippen LogP contribution in [0.5, 0.6) is 5.75 Å². The standard InChI is InChI=1S/C18H25F3N2O2/c1-12(2)25-15-5-4-14(16(9-15)18(19,20)21)11-23-17(24)6-3-13-7-8-22-10-13/h4-5,9,12-13,22H,3,6-8,10-11H2,1-2H3,(H,23,24). The molecule has 25 heavy (non-hydrogen) atoms. The normalized spacial score (nSPS) is 17.8. The van der Waals surface area contributed by atoms with Gasteiger partial charge in [0.2, 0.25) is 5.91 Å². The van der Waals surface area contributed by atoms with E-state index in [0.29, 0.717) is 12.3 Å². The molecule has 4 nitrogen and oxygen atoms in total. The smallest absolute Gasteiger partial charge is 0.416 e. The van der Waals surface area contributed by atoms with Crippen molar-refractivity contribution in [1.29, 1.82) is 0 Å².